The molecular formula is C10H14ClN3O. The van der Waals surface area contributed by atoms with Gasteiger partial charge in [0.25, 0.3) is 0 Å². The Bertz CT molecular complexity index is 339. The van der Waals surface area contributed by atoms with Crippen molar-refractivity contribution in [1.82, 2.24) is 15.3 Å². The summed E-state index contributed by atoms with van der Waals surface area (Å²) in [7, 11) is 0. The predicted molar refractivity (Wildman–Crippen MR) is 58.3 cm³/mol. The van der Waals surface area contributed by atoms with Crippen LogP contribution in [0.4, 0.5) is 0 Å². The van der Waals surface area contributed by atoms with Gasteiger partial charge in [-0.15, -0.1) is 0 Å². The standard InChI is InChI=1S/C10H14ClN3O/c1-7-5-13-10(14-9(7)11)15-8-3-2-4-12-6-8/h5,8,12H,2-4,6H2,1H3/t8-/m0/s1. The lowest BCUT2D eigenvalue weighted by Crippen LogP contribution is -2.37. The molecule has 1 aliphatic rings. The van der Waals surface area contributed by atoms with Crippen LogP contribution >= 0.6 is 11.6 Å². The molecule has 0 radical (unpaired) electrons. The van der Waals surface area contributed by atoms with Crippen molar-refractivity contribution in [2.45, 2.75) is 25.9 Å². The van der Waals surface area contributed by atoms with Crippen LogP contribution in [0.25, 0.3) is 0 Å². The monoisotopic (exact) mass is 227 g/mol. The molecule has 1 N–H and O–H groups in total. The Morgan fingerprint density at radius 2 is 2.47 bits per heavy atom. The van der Waals surface area contributed by atoms with Gasteiger partial charge in [-0.2, -0.15) is 4.98 Å². The number of ether oxygens (including phenoxy) is 1. The van der Waals surface area contributed by atoms with E-state index in [1.807, 2.05) is 6.92 Å². The molecule has 5 heteroatoms. The number of nitrogens with zero attached hydrogens (tertiary/aromatic N) is 2. The van der Waals surface area contributed by atoms with Gasteiger partial charge in [-0.1, -0.05) is 11.6 Å². The SMILES string of the molecule is Cc1cnc(O[C@H]2CCCNC2)nc1Cl. The van der Waals surface area contributed by atoms with Gasteiger partial charge < -0.3 is 10.1 Å². The molecule has 0 unspecified atom stereocenters. The second-order valence-electron chi connectivity index (χ2n) is 3.71. The molecule has 1 fully saturated rings. The van der Waals surface area contributed by atoms with E-state index in [1.54, 1.807) is 6.20 Å². The maximum absolute atomic E-state index is 5.88. The quantitative estimate of drug-likeness (QED) is 0.780. The van der Waals surface area contributed by atoms with E-state index in [9.17, 15) is 0 Å². The van der Waals surface area contributed by atoms with Crippen LogP contribution in [0.15, 0.2) is 6.20 Å². The van der Waals surface area contributed by atoms with E-state index in [1.165, 1.54) is 0 Å². The Morgan fingerprint density at radius 1 is 1.60 bits per heavy atom. The molecule has 0 aliphatic carbocycles. The van der Waals surface area contributed by atoms with E-state index in [2.05, 4.69) is 15.3 Å². The van der Waals surface area contributed by atoms with Crippen LogP contribution in [0.2, 0.25) is 5.15 Å². The highest BCUT2D eigenvalue weighted by molar-refractivity contribution is 6.30. The predicted octanol–water partition coefficient (Wildman–Crippen LogP) is 1.57. The molecule has 1 atom stereocenters. The smallest absolute Gasteiger partial charge is 0.318 e. The summed E-state index contributed by atoms with van der Waals surface area (Å²) in [4.78, 5) is 8.16. The van der Waals surface area contributed by atoms with Gasteiger partial charge in [0.15, 0.2) is 0 Å². The van der Waals surface area contributed by atoms with Crippen molar-refractivity contribution in [3.05, 3.63) is 16.9 Å². The summed E-state index contributed by atoms with van der Waals surface area (Å²) in [5.74, 6) is 0. The van der Waals surface area contributed by atoms with E-state index in [-0.39, 0.29) is 6.10 Å². The van der Waals surface area contributed by atoms with Crippen molar-refractivity contribution in [2.24, 2.45) is 0 Å². The Labute approximate surface area is 94.0 Å². The third-order valence-electron chi connectivity index (χ3n) is 2.41. The van der Waals surface area contributed by atoms with Crippen molar-refractivity contribution in [2.75, 3.05) is 13.1 Å². The topological polar surface area (TPSA) is 47.0 Å². The van der Waals surface area contributed by atoms with Gasteiger partial charge in [-0.25, -0.2) is 4.98 Å². The maximum atomic E-state index is 5.88. The van der Waals surface area contributed by atoms with Gasteiger partial charge >= 0.3 is 6.01 Å². The molecule has 0 saturated carbocycles. The number of nitrogens with one attached hydrogen (secondary N) is 1. The summed E-state index contributed by atoms with van der Waals surface area (Å²) < 4.78 is 5.62. The Hall–Kier alpha value is -0.870. The maximum Gasteiger partial charge on any atom is 0.318 e. The van der Waals surface area contributed by atoms with Crippen molar-refractivity contribution >= 4 is 11.6 Å². The number of hydrogen-bond donors (Lipinski definition) is 1. The highest BCUT2D eigenvalue weighted by atomic mass is 35.5. The number of aromatic nitrogens is 2. The summed E-state index contributed by atoms with van der Waals surface area (Å²) in [6.07, 6.45) is 4.02. The summed E-state index contributed by atoms with van der Waals surface area (Å²) in [5, 5.41) is 3.73. The molecule has 1 aromatic heterocycles. The van der Waals surface area contributed by atoms with Crippen molar-refractivity contribution < 1.29 is 4.74 Å². The normalized spacial score (nSPS) is 21.3. The van der Waals surface area contributed by atoms with Crippen LogP contribution in [0.3, 0.4) is 0 Å². The van der Waals surface area contributed by atoms with E-state index in [0.717, 1.165) is 31.5 Å². The molecule has 2 rings (SSSR count). The largest absolute Gasteiger partial charge is 0.459 e. The third kappa shape index (κ3) is 2.79. The van der Waals surface area contributed by atoms with Gasteiger partial charge in [0, 0.05) is 18.3 Å². The molecule has 4 nitrogen and oxygen atoms in total. The fraction of sp³-hybridized carbons (Fsp3) is 0.600. The first-order chi connectivity index (χ1) is 7.25. The third-order valence-corrected chi connectivity index (χ3v) is 2.79. The van der Waals surface area contributed by atoms with Gasteiger partial charge in [0.1, 0.15) is 11.3 Å². The molecule has 0 amide bonds. The zero-order valence-electron chi connectivity index (χ0n) is 8.66. The lowest BCUT2D eigenvalue weighted by molar-refractivity contribution is 0.153. The molecular weight excluding hydrogens is 214 g/mol. The minimum Gasteiger partial charge on any atom is -0.459 e. The highest BCUT2D eigenvalue weighted by Crippen LogP contribution is 2.16. The number of halogens is 1. The molecule has 2 heterocycles. The number of hydrogen-bond acceptors (Lipinski definition) is 4. The van der Waals surface area contributed by atoms with Crippen LogP contribution < -0.4 is 10.1 Å². The van der Waals surface area contributed by atoms with Crippen LogP contribution in [0.1, 0.15) is 18.4 Å². The Kier molecular flexibility index (Phi) is 3.38. The van der Waals surface area contributed by atoms with Gasteiger partial charge in [0.2, 0.25) is 0 Å². The second-order valence-corrected chi connectivity index (χ2v) is 4.07. The van der Waals surface area contributed by atoms with Crippen molar-refractivity contribution in [3.8, 4) is 6.01 Å². The molecule has 0 aromatic carbocycles. The average molecular weight is 228 g/mol. The second kappa shape index (κ2) is 4.77. The highest BCUT2D eigenvalue weighted by Gasteiger charge is 2.15. The minimum atomic E-state index is 0.164. The fourth-order valence-electron chi connectivity index (χ4n) is 1.53. The van der Waals surface area contributed by atoms with Crippen LogP contribution in [0, 0.1) is 6.92 Å². The Balaban J connectivity index is 2.00. The lowest BCUT2D eigenvalue weighted by Gasteiger charge is -2.22. The molecule has 82 valence electrons. The molecule has 1 aliphatic heterocycles. The number of aryl methyl sites for hydroxylation is 1. The summed E-state index contributed by atoms with van der Waals surface area (Å²) in [5.41, 5.74) is 0.866. The van der Waals surface area contributed by atoms with E-state index < -0.39 is 0 Å². The fourth-order valence-corrected chi connectivity index (χ4v) is 1.65. The van der Waals surface area contributed by atoms with Crippen molar-refractivity contribution in [3.63, 3.8) is 0 Å². The lowest BCUT2D eigenvalue weighted by atomic mass is 10.1. The van der Waals surface area contributed by atoms with Crippen LogP contribution in [-0.2, 0) is 0 Å². The van der Waals surface area contributed by atoms with Gasteiger partial charge in [-0.05, 0) is 26.3 Å². The first-order valence-corrected chi connectivity index (χ1v) is 5.50. The van der Waals surface area contributed by atoms with E-state index in [0.29, 0.717) is 11.2 Å². The summed E-state index contributed by atoms with van der Waals surface area (Å²) in [6, 6.07) is 0.374. The summed E-state index contributed by atoms with van der Waals surface area (Å²) >= 11 is 5.88. The minimum absolute atomic E-state index is 0.164. The Morgan fingerprint density at radius 3 is 3.13 bits per heavy atom. The average Bonchev–Trinajstić information content (AvgIpc) is 2.25. The first kappa shape index (κ1) is 10.6. The summed E-state index contributed by atoms with van der Waals surface area (Å²) in [6.45, 7) is 3.79. The molecule has 0 bridgehead atoms. The number of rotatable bonds is 2. The molecule has 1 saturated heterocycles. The van der Waals surface area contributed by atoms with E-state index >= 15 is 0 Å². The zero-order chi connectivity index (χ0) is 10.7. The van der Waals surface area contributed by atoms with Gasteiger partial charge in [-0.3, -0.25) is 0 Å². The van der Waals surface area contributed by atoms with Crippen LogP contribution in [0.5, 0.6) is 6.01 Å². The molecule has 15 heavy (non-hydrogen) atoms. The first-order valence-electron chi connectivity index (χ1n) is 5.12. The van der Waals surface area contributed by atoms with Crippen LogP contribution in [-0.4, -0.2) is 29.2 Å². The molecule has 0 spiro atoms. The zero-order valence-corrected chi connectivity index (χ0v) is 9.42. The van der Waals surface area contributed by atoms with Crippen molar-refractivity contribution in [1.29, 1.82) is 0 Å². The van der Waals surface area contributed by atoms with E-state index in [4.69, 9.17) is 16.3 Å². The number of piperidine rings is 1. The van der Waals surface area contributed by atoms with Gasteiger partial charge in [0.05, 0.1) is 0 Å². The molecule has 1 aromatic rings.